The number of methoxy groups -OCH3 is 2. The van der Waals surface area contributed by atoms with Crippen molar-refractivity contribution in [2.24, 2.45) is 11.8 Å². The second-order valence-electron chi connectivity index (χ2n) is 11.1. The number of anilines is 3. The molecule has 0 spiro atoms. The smallest absolute Gasteiger partial charge is 0.323 e. The molecule has 43 heavy (non-hydrogen) atoms. The molecular formula is C26H41FN7O8P. The highest BCUT2D eigenvalue weighted by Gasteiger charge is 2.60. The van der Waals surface area contributed by atoms with Crippen LogP contribution in [0, 0.1) is 24.2 Å². The molecule has 1 fully saturated rings. The molecule has 7 N–H and O–H groups in total. The van der Waals surface area contributed by atoms with Gasteiger partial charge in [0.15, 0.2) is 20.5 Å². The minimum atomic E-state index is -2.74. The molecule has 1 aromatic rings. The van der Waals surface area contributed by atoms with Crippen molar-refractivity contribution in [2.75, 3.05) is 43.4 Å². The van der Waals surface area contributed by atoms with Crippen LogP contribution in [0.4, 0.5) is 21.8 Å². The number of fused-ring (bicyclic) bond motifs is 1. The van der Waals surface area contributed by atoms with Gasteiger partial charge in [-0.2, -0.15) is 4.98 Å². The number of nitrogen functional groups attached to an aromatic ring is 1. The third-order valence-corrected chi connectivity index (χ3v) is 8.37. The number of terminal acetylenes is 1. The zero-order valence-electron chi connectivity index (χ0n) is 25.0. The van der Waals surface area contributed by atoms with Gasteiger partial charge in [-0.3, -0.25) is 19.4 Å². The first kappa shape index (κ1) is 34.4. The fourth-order valence-corrected chi connectivity index (χ4v) is 6.30. The summed E-state index contributed by atoms with van der Waals surface area (Å²) in [5.74, 6) is 0.894. The summed E-state index contributed by atoms with van der Waals surface area (Å²) in [7, 11) is 0.528. The number of halogens is 1. The summed E-state index contributed by atoms with van der Waals surface area (Å²) < 4.78 is 38.1. The number of esters is 2. The summed E-state index contributed by atoms with van der Waals surface area (Å²) in [4.78, 5) is 45.1. The summed E-state index contributed by atoms with van der Waals surface area (Å²) in [5.41, 5.74) is 2.42. The average molecular weight is 630 g/mol. The highest BCUT2D eigenvalue weighted by Crippen LogP contribution is 2.42. The van der Waals surface area contributed by atoms with Crippen LogP contribution in [0.25, 0.3) is 0 Å². The van der Waals surface area contributed by atoms with Crippen LogP contribution in [0.15, 0.2) is 4.79 Å². The first-order valence-corrected chi connectivity index (χ1v) is 15.0. The molecule has 1 aromatic heterocycles. The van der Waals surface area contributed by atoms with Gasteiger partial charge in [0.05, 0.1) is 27.5 Å². The van der Waals surface area contributed by atoms with Gasteiger partial charge in [-0.05, 0) is 24.7 Å². The van der Waals surface area contributed by atoms with Crippen LogP contribution in [0.5, 0.6) is 0 Å². The number of carbonyl (C=O) groups excluding carboxylic acids is 2. The predicted octanol–water partition coefficient (Wildman–Crippen LogP) is 0.567. The SMILES string of the molecule is C#C[C@]1(F)C(O)C(COP(NC(CC(C)C)C(=O)OC)NC(CC(C)C)C(=O)OC)OC1N1CNc2c1nc(N)[nH]c2=O. The average Bonchev–Trinajstić information content (AvgIpc) is 3.47. The van der Waals surface area contributed by atoms with Crippen molar-refractivity contribution in [3.63, 3.8) is 0 Å². The van der Waals surface area contributed by atoms with Gasteiger partial charge in [0.1, 0.15) is 30.0 Å². The predicted molar refractivity (Wildman–Crippen MR) is 157 cm³/mol. The van der Waals surface area contributed by atoms with Crippen LogP contribution in [0.1, 0.15) is 40.5 Å². The number of aromatic nitrogens is 2. The number of hydrogen-bond donors (Lipinski definition) is 6. The maximum absolute atomic E-state index is 16.2. The lowest BCUT2D eigenvalue weighted by atomic mass is 9.96. The van der Waals surface area contributed by atoms with Crippen molar-refractivity contribution in [2.45, 2.75) is 76.7 Å². The number of rotatable bonds is 14. The summed E-state index contributed by atoms with van der Waals surface area (Å²) in [6.07, 6.45) is 1.59. The maximum atomic E-state index is 16.2. The van der Waals surface area contributed by atoms with E-state index in [1.165, 1.54) is 19.1 Å². The fourth-order valence-electron chi connectivity index (χ4n) is 4.80. The molecule has 6 atom stereocenters. The Labute approximate surface area is 250 Å². The van der Waals surface area contributed by atoms with Crippen molar-refractivity contribution in [3.8, 4) is 12.3 Å². The zero-order valence-corrected chi connectivity index (χ0v) is 25.9. The molecular weight excluding hydrogens is 588 g/mol. The number of aliphatic hydroxyl groups is 1. The van der Waals surface area contributed by atoms with Crippen molar-refractivity contribution in [1.29, 1.82) is 0 Å². The molecule has 3 rings (SSSR count). The summed E-state index contributed by atoms with van der Waals surface area (Å²) >= 11 is 0. The number of hydrogen-bond acceptors (Lipinski definition) is 14. The zero-order chi connectivity index (χ0) is 32.1. The first-order valence-electron chi connectivity index (χ1n) is 13.8. The minimum absolute atomic E-state index is 0.00656. The van der Waals surface area contributed by atoms with Crippen LogP contribution < -0.4 is 31.7 Å². The van der Waals surface area contributed by atoms with Crippen LogP contribution in [-0.4, -0.2) is 90.7 Å². The van der Waals surface area contributed by atoms with E-state index in [1.54, 1.807) is 0 Å². The van der Waals surface area contributed by atoms with Crippen LogP contribution in [-0.2, 0) is 28.3 Å². The lowest BCUT2D eigenvalue weighted by molar-refractivity contribution is -0.143. The third-order valence-electron chi connectivity index (χ3n) is 6.87. The van der Waals surface area contributed by atoms with E-state index in [9.17, 15) is 19.5 Å². The van der Waals surface area contributed by atoms with E-state index in [0.29, 0.717) is 12.8 Å². The Morgan fingerprint density at radius 2 is 1.79 bits per heavy atom. The van der Waals surface area contributed by atoms with E-state index in [1.807, 2.05) is 33.6 Å². The van der Waals surface area contributed by atoms with E-state index in [4.69, 9.17) is 30.9 Å². The number of nitrogens with zero attached hydrogens (tertiary/aromatic N) is 2. The van der Waals surface area contributed by atoms with Gasteiger partial charge in [-0.25, -0.2) is 14.6 Å². The van der Waals surface area contributed by atoms with Crippen molar-refractivity contribution < 1.29 is 37.8 Å². The van der Waals surface area contributed by atoms with Gasteiger partial charge in [0.25, 0.3) is 5.56 Å². The molecule has 0 aliphatic carbocycles. The summed E-state index contributed by atoms with van der Waals surface area (Å²) in [6, 6.07) is -1.62. The van der Waals surface area contributed by atoms with Gasteiger partial charge >= 0.3 is 11.9 Å². The number of nitrogens with one attached hydrogen (secondary N) is 4. The molecule has 15 nitrogen and oxygen atoms in total. The van der Waals surface area contributed by atoms with Crippen molar-refractivity contribution >= 4 is 37.8 Å². The Bertz CT molecular complexity index is 1210. The molecule has 0 amide bonds. The molecule has 0 saturated carbocycles. The van der Waals surface area contributed by atoms with Gasteiger partial charge < -0.3 is 39.8 Å². The van der Waals surface area contributed by atoms with Gasteiger partial charge in [-0.15, -0.1) is 6.42 Å². The van der Waals surface area contributed by atoms with Gasteiger partial charge in [0.2, 0.25) is 11.6 Å². The summed E-state index contributed by atoms with van der Waals surface area (Å²) in [5, 5.41) is 20.0. The number of carbonyl (C=O) groups is 2. The van der Waals surface area contributed by atoms with E-state index < -0.39 is 68.7 Å². The molecule has 3 heterocycles. The van der Waals surface area contributed by atoms with Crippen LogP contribution >= 0.6 is 8.45 Å². The Balaban J connectivity index is 1.86. The molecule has 0 aromatic carbocycles. The number of alkyl halides is 1. The first-order chi connectivity index (χ1) is 20.2. The number of nitrogens with two attached hydrogens (primary N) is 1. The van der Waals surface area contributed by atoms with Crippen LogP contribution in [0.3, 0.4) is 0 Å². The molecule has 240 valence electrons. The molecule has 17 heteroatoms. The van der Waals surface area contributed by atoms with Gasteiger partial charge in [0, 0.05) is 0 Å². The second kappa shape index (κ2) is 14.6. The highest BCUT2D eigenvalue weighted by molar-refractivity contribution is 7.48. The molecule has 0 radical (unpaired) electrons. The van der Waals surface area contributed by atoms with Gasteiger partial charge in [-0.1, -0.05) is 33.6 Å². The quantitative estimate of drug-likeness (QED) is 0.0947. The Hall–Kier alpha value is -3.06. The second-order valence-corrected chi connectivity index (χ2v) is 12.5. The Morgan fingerprint density at radius 1 is 1.23 bits per heavy atom. The standard InChI is InChI=1S/C26H41FN7O8P/c1-8-26(27)19(35)17(42-24(26)34-12-29-18-20(34)30-25(28)31-21(18)36)11-41-43(32-15(9-13(2)3)22(37)39-6)33-16(10-14(4)5)23(38)40-7/h1,13-17,19,24,29,32-33,35H,9-12H2,2-7H3,(H3,28,30,31,36)/t15?,16?,17?,19?,24?,26-,43?/m0/s1. The Kier molecular flexibility index (Phi) is 11.7. The highest BCUT2D eigenvalue weighted by atomic mass is 31.2. The van der Waals surface area contributed by atoms with Crippen molar-refractivity contribution in [1.82, 2.24) is 20.1 Å². The molecule has 0 bridgehead atoms. The minimum Gasteiger partial charge on any atom is -0.468 e. The Morgan fingerprint density at radius 3 is 2.28 bits per heavy atom. The van der Waals surface area contributed by atoms with E-state index in [2.05, 4.69) is 25.5 Å². The monoisotopic (exact) mass is 629 g/mol. The molecule has 1 saturated heterocycles. The molecule has 2 aliphatic heterocycles. The maximum Gasteiger partial charge on any atom is 0.323 e. The van der Waals surface area contributed by atoms with Crippen molar-refractivity contribution in [3.05, 3.63) is 10.4 Å². The lowest BCUT2D eigenvalue weighted by Gasteiger charge is -2.30. The molecule has 5 unspecified atom stereocenters. The van der Waals surface area contributed by atoms with E-state index >= 15 is 4.39 Å². The number of ether oxygens (including phenoxy) is 3. The third kappa shape index (κ3) is 7.91. The lowest BCUT2D eigenvalue weighted by Crippen LogP contribution is -2.51. The fraction of sp³-hybridized carbons (Fsp3) is 0.692. The number of H-pyrrole nitrogens is 1. The topological polar surface area (TPSA) is 202 Å². The molecule has 2 aliphatic rings. The van der Waals surface area contributed by atoms with Crippen LogP contribution in [0.2, 0.25) is 0 Å². The largest absolute Gasteiger partial charge is 0.468 e. The number of aliphatic hydroxyl groups excluding tert-OH is 1. The van der Waals surface area contributed by atoms with E-state index in [0.717, 1.165) is 0 Å². The normalized spacial score (nSPS) is 25.1. The number of aromatic amines is 1. The van der Waals surface area contributed by atoms with E-state index in [-0.39, 0.29) is 36.0 Å². The summed E-state index contributed by atoms with van der Waals surface area (Å²) in [6.45, 7) is 7.20.